The van der Waals surface area contributed by atoms with E-state index < -0.39 is 0 Å². The molecule has 0 saturated heterocycles. The number of methoxy groups -OCH3 is 2. The van der Waals surface area contributed by atoms with Crippen molar-refractivity contribution in [1.29, 1.82) is 5.26 Å². The fraction of sp³-hybridized carbons (Fsp3) is 0.100. The Morgan fingerprint density at radius 3 is 2.12 bits per heavy atom. The summed E-state index contributed by atoms with van der Waals surface area (Å²) in [6.07, 6.45) is 0. The molecule has 6 heteroatoms. The summed E-state index contributed by atoms with van der Waals surface area (Å²) in [5.74, 6) is 1.44. The zero-order valence-electron chi connectivity index (χ0n) is 14.3. The second-order valence-electron chi connectivity index (χ2n) is 5.54. The summed E-state index contributed by atoms with van der Waals surface area (Å²) in [5, 5.41) is 9.57. The highest BCUT2D eigenvalue weighted by molar-refractivity contribution is 9.10. The van der Waals surface area contributed by atoms with Gasteiger partial charge in [0.25, 0.3) is 0 Å². The number of ether oxygens (including phenoxy) is 2. The summed E-state index contributed by atoms with van der Waals surface area (Å²) in [6.45, 7) is 0. The number of nitriles is 1. The van der Waals surface area contributed by atoms with E-state index in [9.17, 15) is 5.26 Å². The number of pyridine rings is 1. The molecule has 5 nitrogen and oxygen atoms in total. The van der Waals surface area contributed by atoms with Crippen molar-refractivity contribution in [3.8, 4) is 40.0 Å². The first kappa shape index (κ1) is 17.8. The predicted octanol–water partition coefficient (Wildman–Crippen LogP) is 4.65. The molecule has 2 N–H and O–H groups in total. The van der Waals surface area contributed by atoms with Crippen LogP contribution in [0.5, 0.6) is 11.5 Å². The molecule has 1 aromatic heterocycles. The SMILES string of the molecule is COc1cc(OC)cc(-c2cc(-c3ccc(Br)cc3)nc(N)c2C#N)c1. The van der Waals surface area contributed by atoms with Crippen LogP contribution in [0.1, 0.15) is 5.56 Å². The lowest BCUT2D eigenvalue weighted by atomic mass is 9.98. The molecule has 0 unspecified atom stereocenters. The Morgan fingerprint density at radius 1 is 0.962 bits per heavy atom. The van der Waals surface area contributed by atoms with Gasteiger partial charge in [-0.3, -0.25) is 0 Å². The zero-order chi connectivity index (χ0) is 18.7. The van der Waals surface area contributed by atoms with Crippen molar-refractivity contribution in [1.82, 2.24) is 4.98 Å². The summed E-state index contributed by atoms with van der Waals surface area (Å²) in [6, 6.07) is 17.2. The first-order valence-electron chi connectivity index (χ1n) is 7.75. The molecule has 0 aliphatic heterocycles. The van der Waals surface area contributed by atoms with Gasteiger partial charge < -0.3 is 15.2 Å². The summed E-state index contributed by atoms with van der Waals surface area (Å²) < 4.78 is 11.6. The number of benzene rings is 2. The second-order valence-corrected chi connectivity index (χ2v) is 6.45. The zero-order valence-corrected chi connectivity index (χ0v) is 15.9. The van der Waals surface area contributed by atoms with Crippen LogP contribution < -0.4 is 15.2 Å². The van der Waals surface area contributed by atoms with Crippen molar-refractivity contribution < 1.29 is 9.47 Å². The van der Waals surface area contributed by atoms with E-state index in [0.29, 0.717) is 28.3 Å². The Balaban J connectivity index is 2.23. The maximum absolute atomic E-state index is 9.57. The van der Waals surface area contributed by atoms with Crippen molar-refractivity contribution in [2.75, 3.05) is 20.0 Å². The normalized spacial score (nSPS) is 10.2. The maximum atomic E-state index is 9.57. The molecule has 0 radical (unpaired) electrons. The Hall–Kier alpha value is -3.04. The lowest BCUT2D eigenvalue weighted by molar-refractivity contribution is 0.394. The van der Waals surface area contributed by atoms with Crippen molar-refractivity contribution in [2.24, 2.45) is 0 Å². The quantitative estimate of drug-likeness (QED) is 0.677. The summed E-state index contributed by atoms with van der Waals surface area (Å²) in [5.41, 5.74) is 9.43. The first-order valence-corrected chi connectivity index (χ1v) is 8.55. The van der Waals surface area contributed by atoms with Crippen molar-refractivity contribution in [2.45, 2.75) is 0 Å². The number of rotatable bonds is 4. The fourth-order valence-corrected chi connectivity index (χ4v) is 2.91. The molecule has 130 valence electrons. The fourth-order valence-electron chi connectivity index (χ4n) is 2.64. The number of nitrogens with zero attached hydrogens (tertiary/aromatic N) is 2. The third-order valence-electron chi connectivity index (χ3n) is 3.96. The molecule has 26 heavy (non-hydrogen) atoms. The molecule has 0 aliphatic rings. The third-order valence-corrected chi connectivity index (χ3v) is 4.49. The third kappa shape index (κ3) is 3.48. The summed E-state index contributed by atoms with van der Waals surface area (Å²) in [7, 11) is 3.16. The maximum Gasteiger partial charge on any atom is 0.142 e. The molecular weight excluding hydrogens is 394 g/mol. The Labute approximate surface area is 160 Å². The highest BCUT2D eigenvalue weighted by atomic mass is 79.9. The Kier molecular flexibility index (Phi) is 5.10. The molecule has 0 amide bonds. The van der Waals surface area contributed by atoms with Gasteiger partial charge in [-0.25, -0.2) is 4.98 Å². The van der Waals surface area contributed by atoms with Crippen LogP contribution in [0.3, 0.4) is 0 Å². The van der Waals surface area contributed by atoms with Gasteiger partial charge in [-0.2, -0.15) is 5.26 Å². The molecule has 1 heterocycles. The van der Waals surface area contributed by atoms with E-state index in [2.05, 4.69) is 27.0 Å². The number of hydrogen-bond donors (Lipinski definition) is 1. The van der Waals surface area contributed by atoms with Crippen LogP contribution in [0.25, 0.3) is 22.4 Å². The Bertz CT molecular complexity index is 973. The average Bonchev–Trinajstić information content (AvgIpc) is 2.67. The molecule has 0 saturated carbocycles. The second kappa shape index (κ2) is 7.46. The van der Waals surface area contributed by atoms with E-state index in [-0.39, 0.29) is 5.82 Å². The van der Waals surface area contributed by atoms with Gasteiger partial charge in [0.2, 0.25) is 0 Å². The summed E-state index contributed by atoms with van der Waals surface area (Å²) in [4.78, 5) is 4.39. The van der Waals surface area contributed by atoms with Crippen LogP contribution in [0, 0.1) is 11.3 Å². The van der Waals surface area contributed by atoms with E-state index >= 15 is 0 Å². The van der Waals surface area contributed by atoms with E-state index in [1.54, 1.807) is 20.3 Å². The molecule has 0 bridgehead atoms. The number of aromatic nitrogens is 1. The highest BCUT2D eigenvalue weighted by Gasteiger charge is 2.15. The number of nitrogens with two attached hydrogens (primary N) is 1. The molecule has 0 aliphatic carbocycles. The van der Waals surface area contributed by atoms with Gasteiger partial charge in [0.1, 0.15) is 28.9 Å². The lowest BCUT2D eigenvalue weighted by Gasteiger charge is -2.13. The van der Waals surface area contributed by atoms with Crippen LogP contribution in [0.2, 0.25) is 0 Å². The molecule has 2 aromatic carbocycles. The molecule has 0 fully saturated rings. The topological polar surface area (TPSA) is 81.2 Å². The lowest BCUT2D eigenvalue weighted by Crippen LogP contribution is -2.00. The molecule has 0 atom stereocenters. The molecule has 3 aromatic rings. The van der Waals surface area contributed by atoms with Gasteiger partial charge in [-0.1, -0.05) is 28.1 Å². The Morgan fingerprint density at radius 2 is 1.58 bits per heavy atom. The van der Waals surface area contributed by atoms with Crippen LogP contribution >= 0.6 is 15.9 Å². The molecule has 3 rings (SSSR count). The minimum Gasteiger partial charge on any atom is -0.497 e. The summed E-state index contributed by atoms with van der Waals surface area (Å²) >= 11 is 3.42. The van der Waals surface area contributed by atoms with Gasteiger partial charge in [0, 0.05) is 21.7 Å². The predicted molar refractivity (Wildman–Crippen MR) is 105 cm³/mol. The number of halogens is 1. The van der Waals surface area contributed by atoms with Crippen LogP contribution in [0.4, 0.5) is 5.82 Å². The minimum absolute atomic E-state index is 0.185. The van der Waals surface area contributed by atoms with E-state index in [1.165, 1.54) is 0 Å². The molecule has 0 spiro atoms. The van der Waals surface area contributed by atoms with Crippen molar-refractivity contribution in [3.05, 3.63) is 58.6 Å². The van der Waals surface area contributed by atoms with E-state index in [1.807, 2.05) is 42.5 Å². The highest BCUT2D eigenvalue weighted by Crippen LogP contribution is 2.35. The minimum atomic E-state index is 0.185. The van der Waals surface area contributed by atoms with Crippen LogP contribution in [-0.4, -0.2) is 19.2 Å². The number of anilines is 1. The van der Waals surface area contributed by atoms with Gasteiger partial charge in [-0.05, 0) is 35.9 Å². The largest absolute Gasteiger partial charge is 0.497 e. The van der Waals surface area contributed by atoms with Gasteiger partial charge >= 0.3 is 0 Å². The van der Waals surface area contributed by atoms with Crippen molar-refractivity contribution >= 4 is 21.7 Å². The number of nitrogen functional groups attached to an aromatic ring is 1. The standard InChI is InChI=1S/C20H16BrN3O2/c1-25-15-7-13(8-16(9-15)26-2)17-10-19(24-20(23)18(17)11-22)12-3-5-14(21)6-4-12/h3-10H,1-2H3,(H2,23,24). The van der Waals surface area contributed by atoms with E-state index in [4.69, 9.17) is 15.2 Å². The van der Waals surface area contributed by atoms with Crippen molar-refractivity contribution in [3.63, 3.8) is 0 Å². The molecular formula is C20H16BrN3O2. The monoisotopic (exact) mass is 409 g/mol. The van der Waals surface area contributed by atoms with Crippen LogP contribution in [0.15, 0.2) is 53.0 Å². The van der Waals surface area contributed by atoms with E-state index in [0.717, 1.165) is 15.6 Å². The first-order chi connectivity index (χ1) is 12.5. The number of hydrogen-bond acceptors (Lipinski definition) is 5. The average molecular weight is 410 g/mol. The van der Waals surface area contributed by atoms with Gasteiger partial charge in [0.05, 0.1) is 19.9 Å². The van der Waals surface area contributed by atoms with Gasteiger partial charge in [-0.15, -0.1) is 0 Å². The van der Waals surface area contributed by atoms with Crippen LogP contribution in [-0.2, 0) is 0 Å². The van der Waals surface area contributed by atoms with Gasteiger partial charge in [0.15, 0.2) is 0 Å². The smallest absolute Gasteiger partial charge is 0.142 e.